The Morgan fingerprint density at radius 1 is 1.52 bits per heavy atom. The molecule has 128 valence electrons. The predicted octanol–water partition coefficient (Wildman–Crippen LogP) is 0.603. The van der Waals surface area contributed by atoms with Crippen molar-refractivity contribution in [1.29, 1.82) is 0 Å². The standard InChI is InChI=1S/C15H23N3O4S/c1-3-12(13-5-4-8-17-13)18-15(19)11-9-10(23(16,20)21)6-7-14(11)22-2/h6-7,9,12-13,17H,3-5,8H2,1-2H3,(H,18,19)(H2,16,20,21). The molecule has 1 saturated heterocycles. The molecule has 2 atom stereocenters. The zero-order chi connectivity index (χ0) is 17.0. The topological polar surface area (TPSA) is 111 Å². The van der Waals surface area contributed by atoms with Gasteiger partial charge in [0.05, 0.1) is 17.6 Å². The molecule has 2 unspecified atom stereocenters. The summed E-state index contributed by atoms with van der Waals surface area (Å²) < 4.78 is 28.1. The molecule has 0 radical (unpaired) electrons. The SMILES string of the molecule is CCC(NC(=O)c1cc(S(N)(=O)=O)ccc1OC)C1CCCN1. The second-order valence-corrected chi connectivity index (χ2v) is 7.16. The highest BCUT2D eigenvalue weighted by Gasteiger charge is 2.26. The minimum Gasteiger partial charge on any atom is -0.496 e. The van der Waals surface area contributed by atoms with E-state index >= 15 is 0 Å². The van der Waals surface area contributed by atoms with Crippen molar-refractivity contribution in [3.8, 4) is 5.75 Å². The van der Waals surface area contributed by atoms with E-state index < -0.39 is 10.0 Å². The summed E-state index contributed by atoms with van der Waals surface area (Å²) in [5, 5.41) is 11.5. The third-order valence-electron chi connectivity index (χ3n) is 4.08. The molecular formula is C15H23N3O4S. The lowest BCUT2D eigenvalue weighted by molar-refractivity contribution is 0.0924. The summed E-state index contributed by atoms with van der Waals surface area (Å²) in [6.07, 6.45) is 2.87. The Morgan fingerprint density at radius 3 is 2.78 bits per heavy atom. The van der Waals surface area contributed by atoms with Gasteiger partial charge in [0, 0.05) is 12.1 Å². The number of nitrogens with one attached hydrogen (secondary N) is 2. The van der Waals surface area contributed by atoms with Crippen LogP contribution in [-0.4, -0.2) is 40.1 Å². The van der Waals surface area contributed by atoms with Gasteiger partial charge in [0.1, 0.15) is 5.75 Å². The van der Waals surface area contributed by atoms with Crippen molar-refractivity contribution in [2.75, 3.05) is 13.7 Å². The van der Waals surface area contributed by atoms with Crippen LogP contribution in [0.1, 0.15) is 36.5 Å². The molecule has 1 amide bonds. The van der Waals surface area contributed by atoms with Gasteiger partial charge in [0.2, 0.25) is 10.0 Å². The summed E-state index contributed by atoms with van der Waals surface area (Å²) in [5.41, 5.74) is 0.162. The van der Waals surface area contributed by atoms with Gasteiger partial charge >= 0.3 is 0 Å². The number of carbonyl (C=O) groups is 1. The molecular weight excluding hydrogens is 318 g/mol. The lowest BCUT2D eigenvalue weighted by Crippen LogP contribution is -2.47. The number of carbonyl (C=O) groups excluding carboxylic acids is 1. The monoisotopic (exact) mass is 341 g/mol. The zero-order valence-electron chi connectivity index (χ0n) is 13.3. The van der Waals surface area contributed by atoms with Crippen molar-refractivity contribution in [1.82, 2.24) is 10.6 Å². The van der Waals surface area contributed by atoms with Crippen LogP contribution in [-0.2, 0) is 10.0 Å². The van der Waals surface area contributed by atoms with Gasteiger partial charge < -0.3 is 15.4 Å². The third kappa shape index (κ3) is 4.21. The molecule has 7 nitrogen and oxygen atoms in total. The molecule has 0 aromatic heterocycles. The summed E-state index contributed by atoms with van der Waals surface area (Å²) in [7, 11) is -2.45. The van der Waals surface area contributed by atoms with Crippen LogP contribution >= 0.6 is 0 Å². The van der Waals surface area contributed by atoms with Crippen molar-refractivity contribution in [2.45, 2.75) is 43.2 Å². The third-order valence-corrected chi connectivity index (χ3v) is 5.00. The molecule has 1 aliphatic heterocycles. The average Bonchev–Trinajstić information content (AvgIpc) is 3.05. The van der Waals surface area contributed by atoms with Crippen LogP contribution in [0.15, 0.2) is 23.1 Å². The molecule has 1 heterocycles. The highest BCUT2D eigenvalue weighted by Crippen LogP contribution is 2.22. The summed E-state index contributed by atoms with van der Waals surface area (Å²) in [4.78, 5) is 12.5. The Bertz CT molecular complexity index is 669. The molecule has 0 saturated carbocycles. The minimum atomic E-state index is -3.88. The highest BCUT2D eigenvalue weighted by atomic mass is 32.2. The molecule has 0 bridgehead atoms. The maximum absolute atomic E-state index is 12.6. The zero-order valence-corrected chi connectivity index (χ0v) is 14.2. The molecule has 0 spiro atoms. The molecule has 1 aliphatic rings. The van der Waals surface area contributed by atoms with E-state index in [2.05, 4.69) is 10.6 Å². The Labute approximate surface area is 136 Å². The average molecular weight is 341 g/mol. The van der Waals surface area contributed by atoms with Crippen molar-refractivity contribution < 1.29 is 17.9 Å². The molecule has 1 fully saturated rings. The predicted molar refractivity (Wildman–Crippen MR) is 86.9 cm³/mol. The number of rotatable bonds is 6. The fourth-order valence-corrected chi connectivity index (χ4v) is 3.37. The number of sulfonamides is 1. The first-order valence-corrected chi connectivity index (χ1v) is 9.16. The van der Waals surface area contributed by atoms with Gasteiger partial charge in [-0.25, -0.2) is 13.6 Å². The number of ether oxygens (including phenoxy) is 1. The number of benzene rings is 1. The number of nitrogens with two attached hydrogens (primary N) is 1. The Morgan fingerprint density at radius 2 is 2.26 bits per heavy atom. The molecule has 8 heteroatoms. The first kappa shape index (κ1) is 17.7. The maximum atomic E-state index is 12.6. The van der Waals surface area contributed by atoms with E-state index in [9.17, 15) is 13.2 Å². The smallest absolute Gasteiger partial charge is 0.255 e. The molecule has 1 aromatic carbocycles. The van der Waals surface area contributed by atoms with Crippen LogP contribution in [0.3, 0.4) is 0 Å². The van der Waals surface area contributed by atoms with Gasteiger partial charge in [-0.1, -0.05) is 6.92 Å². The van der Waals surface area contributed by atoms with Crippen LogP contribution in [0, 0.1) is 0 Å². The van der Waals surface area contributed by atoms with E-state index in [0.29, 0.717) is 5.75 Å². The van der Waals surface area contributed by atoms with E-state index in [1.165, 1.54) is 25.3 Å². The van der Waals surface area contributed by atoms with Crippen molar-refractivity contribution in [3.05, 3.63) is 23.8 Å². The number of hydrogen-bond acceptors (Lipinski definition) is 5. The van der Waals surface area contributed by atoms with Crippen molar-refractivity contribution >= 4 is 15.9 Å². The lowest BCUT2D eigenvalue weighted by Gasteiger charge is -2.24. The second kappa shape index (κ2) is 7.29. The van der Waals surface area contributed by atoms with E-state index in [-0.39, 0.29) is 28.4 Å². The summed E-state index contributed by atoms with van der Waals surface area (Å²) in [6.45, 7) is 2.95. The summed E-state index contributed by atoms with van der Waals surface area (Å²) in [5.74, 6) is -0.0583. The molecule has 23 heavy (non-hydrogen) atoms. The molecule has 4 N–H and O–H groups in total. The van der Waals surface area contributed by atoms with Gasteiger partial charge in [-0.05, 0) is 44.0 Å². The van der Waals surface area contributed by atoms with Gasteiger partial charge in [0.15, 0.2) is 0 Å². The molecule has 0 aliphatic carbocycles. The fraction of sp³-hybridized carbons (Fsp3) is 0.533. The van der Waals surface area contributed by atoms with Crippen LogP contribution < -0.4 is 20.5 Å². The first-order valence-electron chi connectivity index (χ1n) is 7.62. The number of amides is 1. The first-order chi connectivity index (χ1) is 10.9. The second-order valence-electron chi connectivity index (χ2n) is 5.60. The van der Waals surface area contributed by atoms with Crippen LogP contribution in [0.2, 0.25) is 0 Å². The Balaban J connectivity index is 2.26. The molecule has 1 aromatic rings. The highest BCUT2D eigenvalue weighted by molar-refractivity contribution is 7.89. The summed E-state index contributed by atoms with van der Waals surface area (Å²) in [6, 6.07) is 4.21. The van der Waals surface area contributed by atoms with Gasteiger partial charge in [-0.3, -0.25) is 4.79 Å². The normalized spacial score (nSPS) is 19.3. The number of primary sulfonamides is 1. The van der Waals surface area contributed by atoms with Gasteiger partial charge in [0.25, 0.3) is 5.91 Å². The van der Waals surface area contributed by atoms with Crippen molar-refractivity contribution in [2.24, 2.45) is 5.14 Å². The van der Waals surface area contributed by atoms with Crippen LogP contribution in [0.5, 0.6) is 5.75 Å². The maximum Gasteiger partial charge on any atom is 0.255 e. The fourth-order valence-electron chi connectivity index (χ4n) is 2.83. The Kier molecular flexibility index (Phi) is 5.61. The van der Waals surface area contributed by atoms with Crippen LogP contribution in [0.25, 0.3) is 0 Å². The Hall–Kier alpha value is -1.64. The van der Waals surface area contributed by atoms with Crippen LogP contribution in [0.4, 0.5) is 0 Å². The van der Waals surface area contributed by atoms with Crippen molar-refractivity contribution in [3.63, 3.8) is 0 Å². The van der Waals surface area contributed by atoms with E-state index in [4.69, 9.17) is 9.88 Å². The number of hydrogen-bond donors (Lipinski definition) is 3. The number of methoxy groups -OCH3 is 1. The lowest BCUT2D eigenvalue weighted by atomic mass is 10.0. The molecule has 2 rings (SSSR count). The van der Waals surface area contributed by atoms with E-state index in [1.807, 2.05) is 6.92 Å². The van der Waals surface area contributed by atoms with Gasteiger partial charge in [-0.15, -0.1) is 0 Å². The quantitative estimate of drug-likeness (QED) is 0.702. The minimum absolute atomic E-state index is 0.0205. The largest absolute Gasteiger partial charge is 0.496 e. The van der Waals surface area contributed by atoms with E-state index in [0.717, 1.165) is 25.8 Å². The summed E-state index contributed by atoms with van der Waals surface area (Å²) >= 11 is 0. The van der Waals surface area contributed by atoms with E-state index in [1.54, 1.807) is 0 Å². The van der Waals surface area contributed by atoms with Gasteiger partial charge in [-0.2, -0.15) is 0 Å².